The molecule has 0 heterocycles. The number of halogens is 1. The van der Waals surface area contributed by atoms with Crippen molar-refractivity contribution in [3.63, 3.8) is 0 Å². The van der Waals surface area contributed by atoms with Crippen molar-refractivity contribution < 1.29 is 12.8 Å². The van der Waals surface area contributed by atoms with E-state index in [0.29, 0.717) is 0 Å². The van der Waals surface area contributed by atoms with E-state index in [-0.39, 0.29) is 23.7 Å². The summed E-state index contributed by atoms with van der Waals surface area (Å²) in [5, 5.41) is 3.23. The fourth-order valence-electron chi connectivity index (χ4n) is 2.02. The van der Waals surface area contributed by atoms with Gasteiger partial charge in [-0.15, -0.1) is 0 Å². The molecule has 0 saturated heterocycles. The average molecular weight is 273 g/mol. The van der Waals surface area contributed by atoms with Crippen molar-refractivity contribution in [1.82, 2.24) is 5.32 Å². The molecule has 1 aromatic rings. The molecule has 2 atom stereocenters. The molecule has 18 heavy (non-hydrogen) atoms. The highest BCUT2D eigenvalue weighted by molar-refractivity contribution is 7.90. The molecule has 1 rings (SSSR count). The number of hydrogen-bond acceptors (Lipinski definition) is 3. The standard InChI is InChI=1S/C13H20FNO2S/c1-10(15-11(2)9-18(3,16)17)8-12-4-6-13(14)7-5-12/h4-7,10-11,15H,8-9H2,1-3H3. The quantitative estimate of drug-likeness (QED) is 0.859. The fraction of sp³-hybridized carbons (Fsp3) is 0.538. The molecular weight excluding hydrogens is 253 g/mol. The maximum Gasteiger partial charge on any atom is 0.148 e. The minimum atomic E-state index is -2.96. The van der Waals surface area contributed by atoms with Crippen LogP contribution in [0.25, 0.3) is 0 Å². The highest BCUT2D eigenvalue weighted by Gasteiger charge is 2.13. The summed E-state index contributed by atoms with van der Waals surface area (Å²) in [4.78, 5) is 0. The summed E-state index contributed by atoms with van der Waals surface area (Å²) in [7, 11) is -2.96. The summed E-state index contributed by atoms with van der Waals surface area (Å²) in [5.41, 5.74) is 1.03. The molecule has 0 aromatic heterocycles. The predicted molar refractivity (Wildman–Crippen MR) is 71.9 cm³/mol. The van der Waals surface area contributed by atoms with Crippen LogP contribution in [0.2, 0.25) is 0 Å². The summed E-state index contributed by atoms with van der Waals surface area (Å²) >= 11 is 0. The molecule has 0 spiro atoms. The molecule has 0 aliphatic rings. The smallest absolute Gasteiger partial charge is 0.148 e. The van der Waals surface area contributed by atoms with Crippen molar-refractivity contribution in [3.05, 3.63) is 35.6 Å². The van der Waals surface area contributed by atoms with Gasteiger partial charge in [-0.1, -0.05) is 12.1 Å². The van der Waals surface area contributed by atoms with Crippen LogP contribution in [0.4, 0.5) is 4.39 Å². The normalized spacial score (nSPS) is 15.3. The van der Waals surface area contributed by atoms with Crippen LogP contribution >= 0.6 is 0 Å². The number of rotatable bonds is 6. The average Bonchev–Trinajstić information content (AvgIpc) is 2.18. The molecule has 0 fully saturated rings. The van der Waals surface area contributed by atoms with Crippen molar-refractivity contribution in [1.29, 1.82) is 0 Å². The fourth-order valence-corrected chi connectivity index (χ4v) is 3.03. The zero-order valence-electron chi connectivity index (χ0n) is 11.0. The van der Waals surface area contributed by atoms with E-state index in [9.17, 15) is 12.8 Å². The van der Waals surface area contributed by atoms with Crippen molar-refractivity contribution in [2.75, 3.05) is 12.0 Å². The van der Waals surface area contributed by atoms with E-state index < -0.39 is 9.84 Å². The topological polar surface area (TPSA) is 46.2 Å². The van der Waals surface area contributed by atoms with Crippen LogP contribution < -0.4 is 5.32 Å². The molecule has 0 aliphatic carbocycles. The van der Waals surface area contributed by atoms with Gasteiger partial charge in [0.1, 0.15) is 15.7 Å². The first-order valence-corrected chi connectivity index (χ1v) is 8.00. The Morgan fingerprint density at radius 2 is 1.72 bits per heavy atom. The second-order valence-corrected chi connectivity index (χ2v) is 7.08. The molecule has 0 bridgehead atoms. The Morgan fingerprint density at radius 3 is 2.22 bits per heavy atom. The molecule has 0 aliphatic heterocycles. The van der Waals surface area contributed by atoms with Crippen LogP contribution in [0.15, 0.2) is 24.3 Å². The molecular formula is C13H20FNO2S. The lowest BCUT2D eigenvalue weighted by atomic mass is 10.1. The Hall–Kier alpha value is -0.940. The zero-order chi connectivity index (χ0) is 13.8. The molecule has 2 unspecified atom stereocenters. The first kappa shape index (κ1) is 15.1. The summed E-state index contributed by atoms with van der Waals surface area (Å²) in [6.07, 6.45) is 1.98. The molecule has 102 valence electrons. The van der Waals surface area contributed by atoms with Crippen LogP contribution in [0, 0.1) is 5.82 Å². The second kappa shape index (κ2) is 6.29. The number of nitrogens with one attached hydrogen (secondary N) is 1. The molecule has 1 aromatic carbocycles. The summed E-state index contributed by atoms with van der Waals surface area (Å²) in [6, 6.07) is 6.41. The van der Waals surface area contributed by atoms with Gasteiger partial charge in [0.15, 0.2) is 0 Å². The minimum absolute atomic E-state index is 0.0875. The Balaban J connectivity index is 2.46. The first-order chi connectivity index (χ1) is 8.26. The maximum absolute atomic E-state index is 12.7. The van der Waals surface area contributed by atoms with Crippen molar-refractivity contribution in [2.24, 2.45) is 0 Å². The first-order valence-electron chi connectivity index (χ1n) is 5.94. The third kappa shape index (κ3) is 6.12. The summed E-state index contributed by atoms with van der Waals surface area (Å²) in [5.74, 6) is -0.120. The van der Waals surface area contributed by atoms with Crippen molar-refractivity contribution >= 4 is 9.84 Å². The second-order valence-electron chi connectivity index (χ2n) is 4.89. The molecule has 0 amide bonds. The SMILES string of the molecule is CC(Cc1ccc(F)cc1)NC(C)CS(C)(=O)=O. The van der Waals surface area contributed by atoms with Gasteiger partial charge < -0.3 is 5.32 Å². The Labute approximate surface area is 108 Å². The Kier molecular flexibility index (Phi) is 5.28. The Bertz CT molecular complexity index is 470. The molecule has 3 nitrogen and oxygen atoms in total. The molecule has 5 heteroatoms. The van der Waals surface area contributed by atoms with Crippen LogP contribution in [0.3, 0.4) is 0 Å². The van der Waals surface area contributed by atoms with Gasteiger partial charge in [0, 0.05) is 18.3 Å². The predicted octanol–water partition coefficient (Wildman–Crippen LogP) is 1.78. The summed E-state index contributed by atoms with van der Waals surface area (Å²) < 4.78 is 35.0. The number of sulfone groups is 1. The van der Waals surface area contributed by atoms with Crippen LogP contribution in [0.1, 0.15) is 19.4 Å². The third-order valence-corrected chi connectivity index (χ3v) is 3.68. The largest absolute Gasteiger partial charge is 0.310 e. The van der Waals surface area contributed by atoms with Gasteiger partial charge in [0.25, 0.3) is 0 Å². The summed E-state index contributed by atoms with van der Waals surface area (Å²) in [6.45, 7) is 3.84. The van der Waals surface area contributed by atoms with E-state index in [1.807, 2.05) is 13.8 Å². The van der Waals surface area contributed by atoms with E-state index >= 15 is 0 Å². The van der Waals surface area contributed by atoms with Gasteiger partial charge in [-0.05, 0) is 38.0 Å². The van der Waals surface area contributed by atoms with Gasteiger partial charge in [-0.2, -0.15) is 0 Å². The number of hydrogen-bond donors (Lipinski definition) is 1. The minimum Gasteiger partial charge on any atom is -0.310 e. The van der Waals surface area contributed by atoms with Gasteiger partial charge in [-0.3, -0.25) is 0 Å². The van der Waals surface area contributed by atoms with Gasteiger partial charge in [-0.25, -0.2) is 12.8 Å². The van der Waals surface area contributed by atoms with Crippen LogP contribution in [-0.2, 0) is 16.3 Å². The Morgan fingerprint density at radius 1 is 1.17 bits per heavy atom. The van der Waals surface area contributed by atoms with E-state index in [4.69, 9.17) is 0 Å². The van der Waals surface area contributed by atoms with Gasteiger partial charge >= 0.3 is 0 Å². The monoisotopic (exact) mass is 273 g/mol. The lowest BCUT2D eigenvalue weighted by Crippen LogP contribution is -2.39. The van der Waals surface area contributed by atoms with E-state index in [1.165, 1.54) is 18.4 Å². The van der Waals surface area contributed by atoms with Crippen LogP contribution in [0.5, 0.6) is 0 Å². The highest BCUT2D eigenvalue weighted by Crippen LogP contribution is 2.06. The van der Waals surface area contributed by atoms with Gasteiger partial charge in [0.05, 0.1) is 5.75 Å². The van der Waals surface area contributed by atoms with Crippen LogP contribution in [-0.4, -0.2) is 32.5 Å². The highest BCUT2D eigenvalue weighted by atomic mass is 32.2. The third-order valence-electron chi connectivity index (χ3n) is 2.58. The van der Waals surface area contributed by atoms with E-state index in [2.05, 4.69) is 5.32 Å². The molecule has 1 N–H and O–H groups in total. The van der Waals surface area contributed by atoms with Crippen molar-refractivity contribution in [3.8, 4) is 0 Å². The van der Waals surface area contributed by atoms with E-state index in [0.717, 1.165) is 12.0 Å². The molecule has 0 radical (unpaired) electrons. The number of benzene rings is 1. The zero-order valence-corrected chi connectivity index (χ0v) is 11.8. The maximum atomic E-state index is 12.7. The molecule has 0 saturated carbocycles. The van der Waals surface area contributed by atoms with Crippen molar-refractivity contribution in [2.45, 2.75) is 32.4 Å². The van der Waals surface area contributed by atoms with E-state index in [1.54, 1.807) is 12.1 Å². The van der Waals surface area contributed by atoms with Gasteiger partial charge in [0.2, 0.25) is 0 Å². The lowest BCUT2D eigenvalue weighted by Gasteiger charge is -2.19. The lowest BCUT2D eigenvalue weighted by molar-refractivity contribution is 0.484.